The Balaban J connectivity index is 1.99. The van der Waals surface area contributed by atoms with E-state index in [9.17, 15) is 4.57 Å². The lowest BCUT2D eigenvalue weighted by Crippen LogP contribution is -2.05. The maximum atomic E-state index is 14.0. The molecule has 0 amide bonds. The Bertz CT molecular complexity index is 782. The fraction of sp³-hybridized carbons (Fsp3) is 0.222. The molecule has 21 heavy (non-hydrogen) atoms. The van der Waals surface area contributed by atoms with E-state index in [0.29, 0.717) is 5.92 Å². The molecule has 2 unspecified atom stereocenters. The topological polar surface area (TPSA) is 17.1 Å². The van der Waals surface area contributed by atoms with Crippen molar-refractivity contribution < 1.29 is 4.57 Å². The van der Waals surface area contributed by atoms with E-state index >= 15 is 0 Å². The van der Waals surface area contributed by atoms with Crippen LogP contribution in [0.4, 0.5) is 0 Å². The van der Waals surface area contributed by atoms with Crippen LogP contribution in [0.1, 0.15) is 30.7 Å². The van der Waals surface area contributed by atoms with E-state index in [2.05, 4.69) is 71.2 Å². The first-order valence-corrected chi connectivity index (χ1v) is 10.1. The smallest absolute Gasteiger partial charge is 0.167 e. The van der Waals surface area contributed by atoms with E-state index in [-0.39, 0.29) is 0 Å². The number of hydrogen-bond acceptors (Lipinski definition) is 1. The van der Waals surface area contributed by atoms with Crippen molar-refractivity contribution in [2.24, 2.45) is 0 Å². The van der Waals surface area contributed by atoms with Gasteiger partial charge in [0.1, 0.15) is 0 Å². The molecule has 4 rings (SSSR count). The van der Waals surface area contributed by atoms with Crippen molar-refractivity contribution in [1.29, 1.82) is 0 Å². The maximum Gasteiger partial charge on any atom is 0.167 e. The van der Waals surface area contributed by atoms with Crippen LogP contribution in [0.2, 0.25) is 0 Å². The van der Waals surface area contributed by atoms with E-state index in [1.165, 1.54) is 9.14 Å². The van der Waals surface area contributed by atoms with Gasteiger partial charge >= 0.3 is 0 Å². The zero-order valence-corrected chi connectivity index (χ0v) is 14.7. The van der Waals surface area contributed by atoms with E-state index in [4.69, 9.17) is 0 Å². The van der Waals surface area contributed by atoms with Gasteiger partial charge in [-0.05, 0) is 51.0 Å². The van der Waals surface area contributed by atoms with Gasteiger partial charge in [0.25, 0.3) is 0 Å². The number of benzene rings is 1. The van der Waals surface area contributed by atoms with Crippen molar-refractivity contribution in [2.45, 2.75) is 25.2 Å². The van der Waals surface area contributed by atoms with Gasteiger partial charge in [0.15, 0.2) is 7.14 Å². The SMILES string of the molecule is O=P1(C2=CCCC=C2)C2=CC=C(I)CC2c2ccccc21. The number of rotatable bonds is 1. The van der Waals surface area contributed by atoms with Crippen molar-refractivity contribution in [3.8, 4) is 0 Å². The predicted molar refractivity (Wildman–Crippen MR) is 97.7 cm³/mol. The monoisotopic (exact) mass is 406 g/mol. The highest BCUT2D eigenvalue weighted by atomic mass is 127. The van der Waals surface area contributed by atoms with Gasteiger partial charge < -0.3 is 4.57 Å². The molecule has 3 aliphatic rings. The third kappa shape index (κ3) is 1.99. The molecule has 0 saturated heterocycles. The van der Waals surface area contributed by atoms with Gasteiger partial charge in [-0.15, -0.1) is 0 Å². The predicted octanol–water partition coefficient (Wildman–Crippen LogP) is 5.61. The standard InChI is InChI=1S/C18H16IOP/c19-13-10-11-18-16(12-13)15-8-4-5-9-17(15)21(18,20)14-6-2-1-3-7-14/h2,4-11,16H,1,3,12H2. The van der Waals surface area contributed by atoms with Crippen LogP contribution < -0.4 is 5.30 Å². The van der Waals surface area contributed by atoms with E-state index in [0.717, 1.165) is 35.2 Å². The summed E-state index contributed by atoms with van der Waals surface area (Å²) < 4.78 is 15.4. The molecule has 0 aromatic heterocycles. The number of hydrogen-bond donors (Lipinski definition) is 0. The first-order chi connectivity index (χ1) is 10.2. The molecule has 0 radical (unpaired) electrons. The Morgan fingerprint density at radius 2 is 2.00 bits per heavy atom. The second-order valence-corrected chi connectivity index (χ2v) is 9.86. The lowest BCUT2D eigenvalue weighted by atomic mass is 9.93. The number of halogens is 1. The zero-order valence-electron chi connectivity index (χ0n) is 11.6. The molecule has 3 heteroatoms. The molecule has 0 bridgehead atoms. The minimum atomic E-state index is -2.61. The minimum Gasteiger partial charge on any atom is -0.309 e. The van der Waals surface area contributed by atoms with Crippen LogP contribution in [-0.4, -0.2) is 0 Å². The molecule has 106 valence electrons. The average molecular weight is 406 g/mol. The molecule has 2 aliphatic carbocycles. The largest absolute Gasteiger partial charge is 0.309 e. The second kappa shape index (κ2) is 5.10. The molecule has 0 saturated carbocycles. The first kappa shape index (κ1) is 13.8. The van der Waals surface area contributed by atoms with Gasteiger partial charge in [0, 0.05) is 21.9 Å². The third-order valence-corrected chi connectivity index (χ3v) is 8.68. The highest BCUT2D eigenvalue weighted by Crippen LogP contribution is 2.71. The maximum absolute atomic E-state index is 14.0. The molecule has 1 heterocycles. The summed E-state index contributed by atoms with van der Waals surface area (Å²) in [4.78, 5) is 0. The Morgan fingerprint density at radius 1 is 1.14 bits per heavy atom. The summed E-state index contributed by atoms with van der Waals surface area (Å²) in [6.45, 7) is 0. The van der Waals surface area contributed by atoms with Crippen LogP contribution in [0.15, 0.2) is 68.9 Å². The number of fused-ring (bicyclic) bond motifs is 3. The minimum absolute atomic E-state index is 0.306. The highest BCUT2D eigenvalue weighted by molar-refractivity contribution is 14.1. The Morgan fingerprint density at radius 3 is 2.81 bits per heavy atom. The van der Waals surface area contributed by atoms with Crippen molar-refractivity contribution in [1.82, 2.24) is 0 Å². The molecule has 0 fully saturated rings. The average Bonchev–Trinajstić information content (AvgIpc) is 2.79. The van der Waals surface area contributed by atoms with E-state index < -0.39 is 7.14 Å². The number of allylic oxidation sites excluding steroid dienone is 8. The van der Waals surface area contributed by atoms with Gasteiger partial charge in [0.2, 0.25) is 0 Å². The van der Waals surface area contributed by atoms with Gasteiger partial charge in [-0.3, -0.25) is 0 Å². The van der Waals surface area contributed by atoms with E-state index in [1.807, 2.05) is 6.07 Å². The van der Waals surface area contributed by atoms with Crippen LogP contribution in [0.3, 0.4) is 0 Å². The highest BCUT2D eigenvalue weighted by Gasteiger charge is 2.46. The molecule has 2 atom stereocenters. The van der Waals surface area contributed by atoms with Gasteiger partial charge in [0.05, 0.1) is 0 Å². The van der Waals surface area contributed by atoms with Crippen LogP contribution in [0.5, 0.6) is 0 Å². The summed E-state index contributed by atoms with van der Waals surface area (Å²) in [6, 6.07) is 8.33. The van der Waals surface area contributed by atoms with Crippen LogP contribution in [0, 0.1) is 0 Å². The molecule has 0 spiro atoms. The lowest BCUT2D eigenvalue weighted by Gasteiger charge is -2.23. The molecular weight excluding hydrogens is 390 g/mol. The molecule has 1 nitrogen and oxygen atoms in total. The molecule has 1 aromatic rings. The Kier molecular flexibility index (Phi) is 3.35. The lowest BCUT2D eigenvalue weighted by molar-refractivity contribution is 0.588. The van der Waals surface area contributed by atoms with Crippen LogP contribution >= 0.6 is 29.7 Å². The normalized spacial score (nSPS) is 30.1. The van der Waals surface area contributed by atoms with Crippen molar-refractivity contribution in [3.63, 3.8) is 0 Å². The van der Waals surface area contributed by atoms with Gasteiger partial charge in [-0.25, -0.2) is 0 Å². The van der Waals surface area contributed by atoms with E-state index in [1.54, 1.807) is 0 Å². The molecule has 1 aromatic carbocycles. The summed E-state index contributed by atoms with van der Waals surface area (Å²) in [5, 5.41) is 3.25. The Labute approximate surface area is 139 Å². The summed E-state index contributed by atoms with van der Waals surface area (Å²) in [5.74, 6) is 0.306. The third-order valence-electron chi connectivity index (χ3n) is 4.55. The van der Waals surface area contributed by atoms with Gasteiger partial charge in [-0.1, -0.05) is 54.6 Å². The Hall–Kier alpha value is -0.860. The molecular formula is C18H16IOP. The first-order valence-electron chi connectivity index (χ1n) is 7.35. The fourth-order valence-electron chi connectivity index (χ4n) is 3.58. The van der Waals surface area contributed by atoms with Crippen LogP contribution in [-0.2, 0) is 4.57 Å². The second-order valence-electron chi connectivity index (χ2n) is 5.74. The molecule has 0 N–H and O–H groups in total. The quantitative estimate of drug-likeness (QED) is 0.438. The summed E-state index contributed by atoms with van der Waals surface area (Å²) in [7, 11) is -2.61. The summed E-state index contributed by atoms with van der Waals surface area (Å²) in [6.07, 6.45) is 13.8. The van der Waals surface area contributed by atoms with Crippen molar-refractivity contribution >= 4 is 35.0 Å². The molecule has 1 aliphatic heterocycles. The van der Waals surface area contributed by atoms with Crippen LogP contribution in [0.25, 0.3) is 0 Å². The fourth-order valence-corrected chi connectivity index (χ4v) is 7.60. The summed E-state index contributed by atoms with van der Waals surface area (Å²) in [5.41, 5.74) is 1.27. The zero-order chi connectivity index (χ0) is 14.4. The van der Waals surface area contributed by atoms with Crippen molar-refractivity contribution in [2.75, 3.05) is 0 Å². The van der Waals surface area contributed by atoms with Gasteiger partial charge in [-0.2, -0.15) is 0 Å². The van der Waals surface area contributed by atoms with Crippen molar-refractivity contribution in [3.05, 3.63) is 74.4 Å². The summed E-state index contributed by atoms with van der Waals surface area (Å²) >= 11 is 2.40.